The smallest absolute Gasteiger partial charge is 0.255 e. The summed E-state index contributed by atoms with van der Waals surface area (Å²) < 4.78 is 2.06. The third-order valence-electron chi connectivity index (χ3n) is 5.93. The number of carbonyl (C=O) groups is 2. The molecule has 0 spiro atoms. The summed E-state index contributed by atoms with van der Waals surface area (Å²) in [6, 6.07) is 20.0. The molecule has 0 fully saturated rings. The molecule has 1 aliphatic rings. The molecule has 6 heteroatoms. The van der Waals surface area contributed by atoms with Crippen molar-refractivity contribution in [2.75, 3.05) is 5.32 Å². The Morgan fingerprint density at radius 1 is 1.00 bits per heavy atom. The Balaban J connectivity index is 1.60. The lowest BCUT2D eigenvalue weighted by molar-refractivity contribution is -0.120. The number of rotatable bonds is 4. The molecule has 0 bridgehead atoms. The molecule has 154 valence electrons. The molecule has 0 aliphatic carbocycles. The number of aromatic nitrogens is 2. The van der Waals surface area contributed by atoms with Gasteiger partial charge in [0.15, 0.2) is 0 Å². The van der Waals surface area contributed by atoms with Gasteiger partial charge in [-0.1, -0.05) is 42.5 Å². The van der Waals surface area contributed by atoms with Crippen LogP contribution in [0.3, 0.4) is 0 Å². The topological polar surface area (TPSA) is 67.2 Å². The molecular formula is C25H22N4O2. The normalized spacial score (nSPS) is 16.4. The van der Waals surface area contributed by atoms with E-state index in [1.165, 1.54) is 0 Å². The van der Waals surface area contributed by atoms with Gasteiger partial charge in [-0.15, -0.1) is 0 Å². The maximum absolute atomic E-state index is 13.4. The van der Waals surface area contributed by atoms with E-state index < -0.39 is 6.04 Å². The zero-order valence-corrected chi connectivity index (χ0v) is 17.3. The van der Waals surface area contributed by atoms with E-state index in [9.17, 15) is 9.59 Å². The van der Waals surface area contributed by atoms with Gasteiger partial charge in [0.2, 0.25) is 5.91 Å². The van der Waals surface area contributed by atoms with E-state index in [-0.39, 0.29) is 17.9 Å². The number of aryl methyl sites for hydroxylation is 1. The summed E-state index contributed by atoms with van der Waals surface area (Å²) in [7, 11) is 2.00. The quantitative estimate of drug-likeness (QED) is 0.550. The minimum Gasteiger partial charge on any atom is -0.350 e. The number of carbonyl (C=O) groups excluding carboxylic acids is 2. The van der Waals surface area contributed by atoms with E-state index in [1.807, 2.05) is 49.5 Å². The van der Waals surface area contributed by atoms with Crippen LogP contribution in [0.1, 0.15) is 34.5 Å². The van der Waals surface area contributed by atoms with Crippen LogP contribution in [-0.4, -0.2) is 32.3 Å². The van der Waals surface area contributed by atoms with Crippen LogP contribution in [0.25, 0.3) is 10.9 Å². The number of pyridine rings is 1. The van der Waals surface area contributed by atoms with Gasteiger partial charge in [0, 0.05) is 41.5 Å². The number of fused-ring (bicyclic) bond motifs is 2. The maximum Gasteiger partial charge on any atom is 0.255 e. The third-order valence-corrected chi connectivity index (χ3v) is 5.93. The molecule has 0 radical (unpaired) electrons. The number of hydrogen-bond acceptors (Lipinski definition) is 3. The van der Waals surface area contributed by atoms with Crippen molar-refractivity contribution in [2.45, 2.75) is 19.0 Å². The van der Waals surface area contributed by atoms with Gasteiger partial charge < -0.3 is 14.8 Å². The highest BCUT2D eigenvalue weighted by Crippen LogP contribution is 2.42. The fourth-order valence-electron chi connectivity index (χ4n) is 4.44. The molecule has 3 heterocycles. The highest BCUT2D eigenvalue weighted by Gasteiger charge is 2.43. The Hall–Kier alpha value is -3.93. The predicted octanol–water partition coefficient (Wildman–Crippen LogP) is 4.15. The summed E-state index contributed by atoms with van der Waals surface area (Å²) in [5.41, 5.74) is 3.65. The van der Waals surface area contributed by atoms with Crippen molar-refractivity contribution in [1.29, 1.82) is 0 Å². The number of amides is 2. The van der Waals surface area contributed by atoms with Gasteiger partial charge >= 0.3 is 0 Å². The molecule has 1 aliphatic heterocycles. The van der Waals surface area contributed by atoms with Gasteiger partial charge in [0.05, 0.1) is 6.04 Å². The first kappa shape index (κ1) is 19.1. The van der Waals surface area contributed by atoms with E-state index in [2.05, 4.69) is 33.2 Å². The molecule has 2 aromatic carbocycles. The predicted molar refractivity (Wildman–Crippen MR) is 120 cm³/mol. The summed E-state index contributed by atoms with van der Waals surface area (Å²) in [5, 5.41) is 3.90. The Bertz CT molecular complexity index is 1300. The molecule has 1 N–H and O–H groups in total. The molecule has 2 aromatic heterocycles. The summed E-state index contributed by atoms with van der Waals surface area (Å²) in [6.45, 7) is 1.76. The minimum absolute atomic E-state index is 0.141. The van der Waals surface area contributed by atoms with E-state index in [0.29, 0.717) is 11.4 Å². The number of benzene rings is 2. The van der Waals surface area contributed by atoms with Crippen LogP contribution in [0, 0.1) is 0 Å². The molecule has 31 heavy (non-hydrogen) atoms. The lowest BCUT2D eigenvalue weighted by Gasteiger charge is -2.30. The fraction of sp³-hybridized carbons (Fsp3) is 0.160. The first-order valence-corrected chi connectivity index (χ1v) is 10.2. The first-order valence-electron chi connectivity index (χ1n) is 10.2. The fourth-order valence-corrected chi connectivity index (χ4v) is 4.44. The van der Waals surface area contributed by atoms with Crippen molar-refractivity contribution in [3.8, 4) is 0 Å². The van der Waals surface area contributed by atoms with E-state index in [4.69, 9.17) is 0 Å². The van der Waals surface area contributed by atoms with Crippen molar-refractivity contribution < 1.29 is 9.59 Å². The molecule has 4 aromatic rings. The minimum atomic E-state index is -0.689. The molecule has 2 atom stereocenters. The van der Waals surface area contributed by atoms with Crippen molar-refractivity contribution in [2.24, 2.45) is 7.05 Å². The Labute approximate surface area is 180 Å². The zero-order chi connectivity index (χ0) is 21.5. The lowest BCUT2D eigenvalue weighted by Crippen LogP contribution is -2.44. The largest absolute Gasteiger partial charge is 0.350 e. The summed E-state index contributed by atoms with van der Waals surface area (Å²) in [4.78, 5) is 32.4. The van der Waals surface area contributed by atoms with Crippen LogP contribution < -0.4 is 5.32 Å². The highest BCUT2D eigenvalue weighted by molar-refractivity contribution is 6.05. The average molecular weight is 410 g/mol. The molecule has 2 amide bonds. The number of anilines is 1. The van der Waals surface area contributed by atoms with Gasteiger partial charge in [-0.25, -0.2) is 4.98 Å². The molecule has 0 unspecified atom stereocenters. The first-order chi connectivity index (χ1) is 15.1. The number of nitrogens with one attached hydrogen (secondary N) is 1. The molecule has 0 saturated carbocycles. The SMILES string of the molecule is C[C@@H](C(=O)Nc1ccccn1)N1C(=O)c2ccccc2[C@@H]1c1cn(C)c2ccccc12. The van der Waals surface area contributed by atoms with Crippen molar-refractivity contribution in [3.05, 3.63) is 95.8 Å². The van der Waals surface area contributed by atoms with Gasteiger partial charge in [-0.3, -0.25) is 9.59 Å². The van der Waals surface area contributed by atoms with Gasteiger partial charge in [0.25, 0.3) is 5.91 Å². The Morgan fingerprint density at radius 3 is 2.55 bits per heavy atom. The van der Waals surface area contributed by atoms with Crippen LogP contribution in [0.2, 0.25) is 0 Å². The molecule has 6 nitrogen and oxygen atoms in total. The second kappa shape index (κ2) is 7.40. The van der Waals surface area contributed by atoms with E-state index in [0.717, 1.165) is 22.0 Å². The average Bonchev–Trinajstić information content (AvgIpc) is 3.28. The monoisotopic (exact) mass is 410 g/mol. The highest BCUT2D eigenvalue weighted by atomic mass is 16.2. The van der Waals surface area contributed by atoms with Crippen molar-refractivity contribution in [3.63, 3.8) is 0 Å². The van der Waals surface area contributed by atoms with Crippen molar-refractivity contribution in [1.82, 2.24) is 14.5 Å². The van der Waals surface area contributed by atoms with Crippen LogP contribution in [0.5, 0.6) is 0 Å². The van der Waals surface area contributed by atoms with Gasteiger partial charge in [-0.2, -0.15) is 0 Å². The molecule has 0 saturated heterocycles. The molecular weight excluding hydrogens is 388 g/mol. The number of nitrogens with zero attached hydrogens (tertiary/aromatic N) is 3. The lowest BCUT2D eigenvalue weighted by atomic mass is 9.97. The summed E-state index contributed by atoms with van der Waals surface area (Å²) >= 11 is 0. The van der Waals surface area contributed by atoms with Crippen LogP contribution in [0.15, 0.2) is 79.1 Å². The summed E-state index contributed by atoms with van der Waals surface area (Å²) in [6.07, 6.45) is 3.68. The van der Waals surface area contributed by atoms with Crippen LogP contribution in [-0.2, 0) is 11.8 Å². The Kier molecular flexibility index (Phi) is 4.55. The van der Waals surface area contributed by atoms with Crippen LogP contribution >= 0.6 is 0 Å². The second-order valence-electron chi connectivity index (χ2n) is 7.79. The van der Waals surface area contributed by atoms with Crippen LogP contribution in [0.4, 0.5) is 5.82 Å². The van der Waals surface area contributed by atoms with E-state index >= 15 is 0 Å². The van der Waals surface area contributed by atoms with Gasteiger partial charge in [0.1, 0.15) is 11.9 Å². The molecule has 5 rings (SSSR count). The van der Waals surface area contributed by atoms with Crippen molar-refractivity contribution >= 4 is 28.5 Å². The summed E-state index contributed by atoms with van der Waals surface area (Å²) in [5.74, 6) is 0.0486. The number of para-hydroxylation sites is 1. The van der Waals surface area contributed by atoms with Gasteiger partial charge in [-0.05, 0) is 36.8 Å². The number of hydrogen-bond donors (Lipinski definition) is 1. The third kappa shape index (κ3) is 3.08. The second-order valence-corrected chi connectivity index (χ2v) is 7.79. The standard InChI is InChI=1S/C25H22N4O2/c1-16(24(30)27-22-13-7-8-14-26-22)29-23(18-10-3-4-11-19(18)25(29)31)20-15-28(2)21-12-6-5-9-17(20)21/h3-16,23H,1-2H3,(H,26,27,30)/t16-,23+/m0/s1. The van der Waals surface area contributed by atoms with E-state index in [1.54, 1.807) is 30.2 Å². The Morgan fingerprint density at radius 2 is 1.74 bits per heavy atom. The maximum atomic E-state index is 13.4. The zero-order valence-electron chi connectivity index (χ0n) is 17.3.